The van der Waals surface area contributed by atoms with Crippen LogP contribution in [-0.2, 0) is 14.2 Å². The lowest BCUT2D eigenvalue weighted by Crippen LogP contribution is -2.36. The van der Waals surface area contributed by atoms with E-state index in [9.17, 15) is 0 Å². The van der Waals surface area contributed by atoms with E-state index in [2.05, 4.69) is 18.2 Å². The van der Waals surface area contributed by atoms with E-state index in [1.54, 1.807) is 0 Å². The molecule has 13 heavy (non-hydrogen) atoms. The van der Waals surface area contributed by atoms with Crippen molar-refractivity contribution in [3.8, 4) is 0 Å². The summed E-state index contributed by atoms with van der Waals surface area (Å²) in [6.45, 7) is 0. The quantitative estimate of drug-likeness (QED) is 0.494. The van der Waals surface area contributed by atoms with Crippen LogP contribution in [0.3, 0.4) is 0 Å². The minimum Gasteiger partial charge on any atom is -0.363 e. The molecule has 0 bridgehead atoms. The van der Waals surface area contributed by atoms with Crippen LogP contribution in [0.4, 0.5) is 0 Å². The highest BCUT2D eigenvalue weighted by atomic mass is 16.7. The predicted octanol–water partition coefficient (Wildman–Crippen LogP) is 0.169. The highest BCUT2D eigenvalue weighted by Crippen LogP contribution is 2.65. The molecule has 0 radical (unpaired) electrons. The van der Waals surface area contributed by atoms with Crippen LogP contribution < -0.4 is 0 Å². The van der Waals surface area contributed by atoms with Crippen LogP contribution in [0, 0.1) is 0 Å². The van der Waals surface area contributed by atoms with Crippen LogP contribution in [0.1, 0.15) is 0 Å². The monoisotopic (exact) mass is 176 g/mol. The van der Waals surface area contributed by atoms with Crippen molar-refractivity contribution in [3.05, 3.63) is 23.8 Å². The predicted molar refractivity (Wildman–Crippen MR) is 42.1 cm³/mol. The zero-order chi connectivity index (χ0) is 8.21. The third-order valence-electron chi connectivity index (χ3n) is 3.80. The highest BCUT2D eigenvalue weighted by Gasteiger charge is 2.81. The standard InChI is InChI=1S/C10H8O3/c1-2-4-6-7(11-6)8-9(12-8)10(4)5(3-1)13-10/h1-3,5-9H. The highest BCUT2D eigenvalue weighted by molar-refractivity contribution is 5.51. The van der Waals surface area contributed by atoms with Crippen molar-refractivity contribution in [2.45, 2.75) is 36.1 Å². The first-order valence-corrected chi connectivity index (χ1v) is 4.79. The van der Waals surface area contributed by atoms with Crippen LogP contribution in [-0.4, -0.2) is 36.1 Å². The molecular formula is C10H8O3. The maximum Gasteiger partial charge on any atom is 0.151 e. The van der Waals surface area contributed by atoms with Gasteiger partial charge in [0.05, 0.1) is 0 Å². The van der Waals surface area contributed by atoms with Gasteiger partial charge in [0, 0.05) is 0 Å². The van der Waals surface area contributed by atoms with Crippen LogP contribution >= 0.6 is 0 Å². The molecule has 3 heterocycles. The van der Waals surface area contributed by atoms with Gasteiger partial charge in [-0.15, -0.1) is 0 Å². The fraction of sp³-hybridized carbons (Fsp3) is 0.600. The molecule has 3 saturated heterocycles. The average molecular weight is 176 g/mol. The van der Waals surface area contributed by atoms with Crippen molar-refractivity contribution < 1.29 is 14.2 Å². The van der Waals surface area contributed by atoms with E-state index in [-0.39, 0.29) is 17.8 Å². The van der Waals surface area contributed by atoms with Crippen molar-refractivity contribution in [1.29, 1.82) is 0 Å². The second-order valence-corrected chi connectivity index (χ2v) is 4.38. The van der Waals surface area contributed by atoms with Gasteiger partial charge in [-0.3, -0.25) is 0 Å². The van der Waals surface area contributed by atoms with Gasteiger partial charge in [0.15, 0.2) is 5.60 Å². The van der Waals surface area contributed by atoms with E-state index in [1.165, 1.54) is 5.57 Å². The molecular weight excluding hydrogens is 168 g/mol. The fourth-order valence-electron chi connectivity index (χ4n) is 3.03. The number of fused-ring (bicyclic) bond motifs is 4. The summed E-state index contributed by atoms with van der Waals surface area (Å²) in [6, 6.07) is 0. The largest absolute Gasteiger partial charge is 0.363 e. The molecule has 0 aromatic carbocycles. The summed E-state index contributed by atoms with van der Waals surface area (Å²) in [5.41, 5.74) is 1.24. The molecule has 4 fully saturated rings. The summed E-state index contributed by atoms with van der Waals surface area (Å²) >= 11 is 0. The van der Waals surface area contributed by atoms with Crippen LogP contribution in [0.15, 0.2) is 23.8 Å². The average Bonchev–Trinajstić information content (AvgIpc) is 2.98. The lowest BCUT2D eigenvalue weighted by Gasteiger charge is -2.17. The van der Waals surface area contributed by atoms with E-state index in [0.717, 1.165) is 0 Å². The van der Waals surface area contributed by atoms with Gasteiger partial charge >= 0.3 is 0 Å². The smallest absolute Gasteiger partial charge is 0.151 e. The van der Waals surface area contributed by atoms with E-state index in [1.807, 2.05) is 0 Å². The van der Waals surface area contributed by atoms with Crippen LogP contribution in [0.5, 0.6) is 0 Å². The van der Waals surface area contributed by atoms with Crippen LogP contribution in [0.2, 0.25) is 0 Å². The molecule has 0 N–H and O–H groups in total. The van der Waals surface area contributed by atoms with Crippen LogP contribution in [0.25, 0.3) is 0 Å². The molecule has 0 aromatic heterocycles. The van der Waals surface area contributed by atoms with E-state index < -0.39 is 0 Å². The number of allylic oxidation sites excluding steroid dienone is 2. The molecule has 5 aliphatic rings. The zero-order valence-electron chi connectivity index (χ0n) is 6.84. The zero-order valence-corrected chi connectivity index (χ0v) is 6.84. The Bertz CT molecular complexity index is 386. The molecule has 2 aliphatic carbocycles. The Morgan fingerprint density at radius 2 is 2.23 bits per heavy atom. The number of rotatable bonds is 0. The minimum absolute atomic E-state index is 0.0862. The van der Waals surface area contributed by atoms with Crippen molar-refractivity contribution in [3.63, 3.8) is 0 Å². The molecule has 6 unspecified atom stereocenters. The Labute approximate surface area is 75.0 Å². The third-order valence-corrected chi connectivity index (χ3v) is 3.80. The lowest BCUT2D eigenvalue weighted by molar-refractivity contribution is 0.242. The van der Waals surface area contributed by atoms with E-state index in [4.69, 9.17) is 14.2 Å². The van der Waals surface area contributed by atoms with Crippen molar-refractivity contribution >= 4 is 0 Å². The van der Waals surface area contributed by atoms with Gasteiger partial charge in [-0.1, -0.05) is 18.2 Å². The maximum atomic E-state index is 5.76. The molecule has 3 heteroatoms. The van der Waals surface area contributed by atoms with Gasteiger partial charge in [0.1, 0.15) is 30.5 Å². The normalized spacial score (nSPS) is 68.3. The van der Waals surface area contributed by atoms with Crippen molar-refractivity contribution in [1.82, 2.24) is 0 Å². The van der Waals surface area contributed by atoms with E-state index >= 15 is 0 Å². The summed E-state index contributed by atoms with van der Waals surface area (Å²) in [5.74, 6) is 0. The SMILES string of the molecule is C1=CC2OC23C(=C1)C1OC1C1OC13. The van der Waals surface area contributed by atoms with Crippen molar-refractivity contribution in [2.75, 3.05) is 0 Å². The molecule has 1 spiro atoms. The molecule has 1 saturated carbocycles. The molecule has 3 aliphatic heterocycles. The summed E-state index contributed by atoms with van der Waals surface area (Å²) in [6.07, 6.45) is 7.88. The van der Waals surface area contributed by atoms with Gasteiger partial charge in [0.25, 0.3) is 0 Å². The van der Waals surface area contributed by atoms with Gasteiger partial charge in [-0.05, 0) is 5.57 Å². The number of ether oxygens (including phenoxy) is 3. The van der Waals surface area contributed by atoms with Gasteiger partial charge in [0.2, 0.25) is 0 Å². The number of epoxide rings is 3. The Morgan fingerprint density at radius 1 is 1.23 bits per heavy atom. The third kappa shape index (κ3) is 0.463. The summed E-state index contributed by atoms with van der Waals surface area (Å²) in [4.78, 5) is 0. The molecule has 0 aromatic rings. The maximum absolute atomic E-state index is 5.76. The Hall–Kier alpha value is -0.640. The van der Waals surface area contributed by atoms with Gasteiger partial charge in [-0.2, -0.15) is 0 Å². The molecule has 0 amide bonds. The van der Waals surface area contributed by atoms with Crippen molar-refractivity contribution in [2.24, 2.45) is 0 Å². The summed E-state index contributed by atoms with van der Waals surface area (Å²) in [7, 11) is 0. The molecule has 5 rings (SSSR count). The second-order valence-electron chi connectivity index (χ2n) is 4.38. The molecule has 3 nitrogen and oxygen atoms in total. The molecule has 6 atom stereocenters. The number of hydrogen-bond donors (Lipinski definition) is 0. The summed E-state index contributed by atoms with van der Waals surface area (Å²) in [5, 5.41) is 0. The van der Waals surface area contributed by atoms with E-state index in [0.29, 0.717) is 18.3 Å². The lowest BCUT2D eigenvalue weighted by atomic mass is 9.79. The first kappa shape index (κ1) is 5.96. The Balaban J connectivity index is 1.77. The van der Waals surface area contributed by atoms with Gasteiger partial charge in [-0.25, -0.2) is 0 Å². The first-order chi connectivity index (χ1) is 6.41. The van der Waals surface area contributed by atoms with Gasteiger partial charge < -0.3 is 14.2 Å². The minimum atomic E-state index is -0.0862. The summed E-state index contributed by atoms with van der Waals surface area (Å²) < 4.78 is 17.0. The second kappa shape index (κ2) is 1.41. The number of hydrogen-bond acceptors (Lipinski definition) is 3. The first-order valence-electron chi connectivity index (χ1n) is 4.79. The Morgan fingerprint density at radius 3 is 3.23 bits per heavy atom. The topological polar surface area (TPSA) is 37.6 Å². The molecule has 66 valence electrons. The Kier molecular flexibility index (Phi) is 0.648. The fourth-order valence-corrected chi connectivity index (χ4v) is 3.03.